The fourth-order valence-electron chi connectivity index (χ4n) is 3.55. The molecule has 0 aromatic heterocycles. The molecule has 1 fully saturated rings. The fourth-order valence-corrected chi connectivity index (χ4v) is 3.55. The minimum atomic E-state index is 0.859. The molecule has 0 N–H and O–H groups in total. The molecular formula is C14H28. The Morgan fingerprint density at radius 1 is 1.14 bits per heavy atom. The van der Waals surface area contributed by atoms with Crippen LogP contribution in [0.15, 0.2) is 0 Å². The van der Waals surface area contributed by atoms with E-state index in [1.165, 1.54) is 12.8 Å². The lowest BCUT2D eigenvalue weighted by molar-refractivity contribution is 0.0173. The van der Waals surface area contributed by atoms with Crippen LogP contribution in [0.2, 0.25) is 0 Å². The van der Waals surface area contributed by atoms with Gasteiger partial charge in [-0.15, -0.1) is 0 Å². The highest BCUT2D eigenvalue weighted by atomic mass is 14.5. The highest BCUT2D eigenvalue weighted by molar-refractivity contribution is 4.89. The standard InChI is InChI=1S/C14H28/c1-7-13(9(2)3)12(6)14-8-10(4)11(14)5/h9-14H,7-8H2,1-6H3. The van der Waals surface area contributed by atoms with Gasteiger partial charge in [0.1, 0.15) is 0 Å². The number of hydrogen-bond donors (Lipinski definition) is 0. The average Bonchev–Trinajstić information content (AvgIpc) is 2.13. The first-order valence-electron chi connectivity index (χ1n) is 6.49. The van der Waals surface area contributed by atoms with Crippen molar-refractivity contribution in [1.82, 2.24) is 0 Å². The first-order valence-corrected chi connectivity index (χ1v) is 6.49. The first kappa shape index (κ1) is 12.1. The van der Waals surface area contributed by atoms with Gasteiger partial charge in [0.15, 0.2) is 0 Å². The van der Waals surface area contributed by atoms with Crippen LogP contribution in [-0.4, -0.2) is 0 Å². The van der Waals surface area contributed by atoms with Crippen molar-refractivity contribution in [3.63, 3.8) is 0 Å². The highest BCUT2D eigenvalue weighted by Gasteiger charge is 2.40. The van der Waals surface area contributed by atoms with Crippen molar-refractivity contribution in [3.05, 3.63) is 0 Å². The van der Waals surface area contributed by atoms with Gasteiger partial charge in [0, 0.05) is 0 Å². The molecule has 0 aromatic rings. The molecule has 1 saturated carbocycles. The molecule has 0 aliphatic heterocycles. The molecule has 84 valence electrons. The van der Waals surface area contributed by atoms with E-state index in [2.05, 4.69) is 41.5 Å². The average molecular weight is 196 g/mol. The van der Waals surface area contributed by atoms with Crippen LogP contribution in [-0.2, 0) is 0 Å². The van der Waals surface area contributed by atoms with E-state index in [0.717, 1.165) is 35.5 Å². The van der Waals surface area contributed by atoms with E-state index in [-0.39, 0.29) is 0 Å². The zero-order chi connectivity index (χ0) is 10.9. The Kier molecular flexibility index (Phi) is 4.04. The smallest absolute Gasteiger partial charge is 0.0355 e. The summed E-state index contributed by atoms with van der Waals surface area (Å²) in [6, 6.07) is 0. The molecule has 5 atom stereocenters. The van der Waals surface area contributed by atoms with E-state index < -0.39 is 0 Å². The van der Waals surface area contributed by atoms with Crippen molar-refractivity contribution in [2.75, 3.05) is 0 Å². The van der Waals surface area contributed by atoms with Gasteiger partial charge in [0.25, 0.3) is 0 Å². The summed E-state index contributed by atoms with van der Waals surface area (Å²) in [5.41, 5.74) is 0. The summed E-state index contributed by atoms with van der Waals surface area (Å²) >= 11 is 0. The summed E-state index contributed by atoms with van der Waals surface area (Å²) in [7, 11) is 0. The monoisotopic (exact) mass is 196 g/mol. The second-order valence-corrected chi connectivity index (χ2v) is 5.91. The van der Waals surface area contributed by atoms with Crippen LogP contribution in [0, 0.1) is 35.5 Å². The number of rotatable bonds is 4. The Balaban J connectivity index is 2.51. The van der Waals surface area contributed by atoms with Gasteiger partial charge in [-0.25, -0.2) is 0 Å². The van der Waals surface area contributed by atoms with Gasteiger partial charge in [-0.3, -0.25) is 0 Å². The van der Waals surface area contributed by atoms with E-state index in [4.69, 9.17) is 0 Å². The minimum absolute atomic E-state index is 0.859. The second kappa shape index (κ2) is 4.68. The first-order chi connectivity index (χ1) is 6.49. The van der Waals surface area contributed by atoms with Crippen molar-refractivity contribution in [1.29, 1.82) is 0 Å². The Morgan fingerprint density at radius 3 is 2.00 bits per heavy atom. The summed E-state index contributed by atoms with van der Waals surface area (Å²) in [6.07, 6.45) is 2.84. The van der Waals surface area contributed by atoms with Crippen LogP contribution in [0.25, 0.3) is 0 Å². The van der Waals surface area contributed by atoms with E-state index >= 15 is 0 Å². The van der Waals surface area contributed by atoms with E-state index in [9.17, 15) is 0 Å². The van der Waals surface area contributed by atoms with Crippen molar-refractivity contribution in [3.8, 4) is 0 Å². The quantitative estimate of drug-likeness (QED) is 0.616. The fraction of sp³-hybridized carbons (Fsp3) is 1.00. The van der Waals surface area contributed by atoms with Crippen LogP contribution in [0.3, 0.4) is 0 Å². The Morgan fingerprint density at radius 2 is 1.71 bits per heavy atom. The lowest BCUT2D eigenvalue weighted by Gasteiger charge is -2.47. The molecule has 0 heterocycles. The Labute approximate surface area is 90.5 Å². The normalized spacial score (nSPS) is 36.6. The molecule has 5 unspecified atom stereocenters. The summed E-state index contributed by atoms with van der Waals surface area (Å²) in [6.45, 7) is 14.5. The molecule has 1 aliphatic rings. The third kappa shape index (κ3) is 2.15. The molecule has 14 heavy (non-hydrogen) atoms. The second-order valence-electron chi connectivity index (χ2n) is 5.91. The van der Waals surface area contributed by atoms with E-state index in [1.807, 2.05) is 0 Å². The maximum Gasteiger partial charge on any atom is -0.0355 e. The van der Waals surface area contributed by atoms with Crippen molar-refractivity contribution in [2.45, 2.75) is 54.4 Å². The van der Waals surface area contributed by atoms with Crippen molar-refractivity contribution >= 4 is 0 Å². The molecule has 0 radical (unpaired) electrons. The highest BCUT2D eigenvalue weighted by Crippen LogP contribution is 2.47. The van der Waals surface area contributed by atoms with Crippen LogP contribution in [0.1, 0.15) is 54.4 Å². The van der Waals surface area contributed by atoms with Crippen molar-refractivity contribution in [2.24, 2.45) is 35.5 Å². The Bertz CT molecular complexity index is 171. The molecule has 0 amide bonds. The summed E-state index contributed by atoms with van der Waals surface area (Å²) < 4.78 is 0. The zero-order valence-corrected chi connectivity index (χ0v) is 10.9. The van der Waals surface area contributed by atoms with Crippen LogP contribution >= 0.6 is 0 Å². The molecule has 0 bridgehead atoms. The van der Waals surface area contributed by atoms with Gasteiger partial charge in [-0.2, -0.15) is 0 Å². The van der Waals surface area contributed by atoms with Crippen LogP contribution < -0.4 is 0 Å². The third-order valence-corrected chi connectivity index (χ3v) is 4.90. The molecule has 0 aromatic carbocycles. The minimum Gasteiger partial charge on any atom is -0.0651 e. The van der Waals surface area contributed by atoms with E-state index in [1.54, 1.807) is 0 Å². The summed E-state index contributed by atoms with van der Waals surface area (Å²) in [4.78, 5) is 0. The molecule has 0 nitrogen and oxygen atoms in total. The largest absolute Gasteiger partial charge is 0.0651 e. The topological polar surface area (TPSA) is 0 Å². The lowest BCUT2D eigenvalue weighted by atomic mass is 9.58. The number of hydrogen-bond acceptors (Lipinski definition) is 0. The van der Waals surface area contributed by atoms with Gasteiger partial charge >= 0.3 is 0 Å². The van der Waals surface area contributed by atoms with Crippen LogP contribution in [0.5, 0.6) is 0 Å². The van der Waals surface area contributed by atoms with E-state index in [0.29, 0.717) is 0 Å². The molecular weight excluding hydrogens is 168 g/mol. The molecule has 0 heteroatoms. The predicted octanol–water partition coefficient (Wildman–Crippen LogP) is 4.60. The predicted molar refractivity (Wildman–Crippen MR) is 64.2 cm³/mol. The maximum atomic E-state index is 2.49. The Hall–Kier alpha value is 0. The van der Waals surface area contributed by atoms with Crippen LogP contribution in [0.4, 0.5) is 0 Å². The SMILES string of the molecule is CCC(C(C)C)C(C)C1CC(C)C1C. The van der Waals surface area contributed by atoms with Crippen molar-refractivity contribution < 1.29 is 0 Å². The van der Waals surface area contributed by atoms with Gasteiger partial charge in [-0.1, -0.05) is 48.0 Å². The van der Waals surface area contributed by atoms with Gasteiger partial charge < -0.3 is 0 Å². The van der Waals surface area contributed by atoms with Gasteiger partial charge in [-0.05, 0) is 41.9 Å². The lowest BCUT2D eigenvalue weighted by Crippen LogP contribution is -2.40. The molecule has 0 spiro atoms. The zero-order valence-electron chi connectivity index (χ0n) is 10.9. The van der Waals surface area contributed by atoms with Gasteiger partial charge in [0.2, 0.25) is 0 Å². The third-order valence-electron chi connectivity index (χ3n) is 4.90. The van der Waals surface area contributed by atoms with Gasteiger partial charge in [0.05, 0.1) is 0 Å². The summed E-state index contributed by atoms with van der Waals surface area (Å²) in [5.74, 6) is 5.70. The molecule has 1 aliphatic carbocycles. The molecule has 0 saturated heterocycles. The maximum absolute atomic E-state index is 2.49. The molecule has 1 rings (SSSR count). The summed E-state index contributed by atoms with van der Waals surface area (Å²) in [5, 5.41) is 0.